The summed E-state index contributed by atoms with van der Waals surface area (Å²) in [5, 5.41) is 0.665. The number of hydrogen-bond donors (Lipinski definition) is 0. The van der Waals surface area contributed by atoms with E-state index < -0.39 is 0 Å². The van der Waals surface area contributed by atoms with Crippen molar-refractivity contribution in [3.63, 3.8) is 0 Å². The first-order chi connectivity index (χ1) is 8.95. The first-order valence-corrected chi connectivity index (χ1v) is 7.74. The first kappa shape index (κ1) is 15.0. The molecule has 1 saturated carbocycles. The Morgan fingerprint density at radius 1 is 1.32 bits per heavy atom. The van der Waals surface area contributed by atoms with Crippen molar-refractivity contribution in [1.29, 1.82) is 0 Å². The normalized spacial score (nSPS) is 23.9. The molecule has 0 saturated heterocycles. The van der Waals surface area contributed by atoms with Crippen LogP contribution in [0.4, 0.5) is 0 Å². The van der Waals surface area contributed by atoms with Crippen molar-refractivity contribution < 1.29 is 4.74 Å². The molecule has 0 amide bonds. The van der Waals surface area contributed by atoms with Crippen LogP contribution in [0, 0.1) is 11.3 Å². The van der Waals surface area contributed by atoms with E-state index in [0.717, 1.165) is 5.56 Å². The van der Waals surface area contributed by atoms with Gasteiger partial charge in [-0.1, -0.05) is 44.4 Å². The van der Waals surface area contributed by atoms with Crippen molar-refractivity contribution in [3.05, 3.63) is 28.8 Å². The summed E-state index contributed by atoms with van der Waals surface area (Å²) in [7, 11) is 1.63. The van der Waals surface area contributed by atoms with E-state index >= 15 is 0 Å². The van der Waals surface area contributed by atoms with Gasteiger partial charge >= 0.3 is 0 Å². The molecule has 1 fully saturated rings. The molecular weight excluding hydrogens is 279 g/mol. The van der Waals surface area contributed by atoms with Crippen LogP contribution in [0.25, 0.3) is 0 Å². The molecule has 2 rings (SSSR count). The number of methoxy groups -OCH3 is 1. The molecule has 106 valence electrons. The molecule has 1 aliphatic rings. The second kappa shape index (κ2) is 5.93. The van der Waals surface area contributed by atoms with Crippen LogP contribution in [0.5, 0.6) is 5.75 Å². The molecule has 0 spiro atoms. The van der Waals surface area contributed by atoms with E-state index in [-0.39, 0.29) is 5.38 Å². The number of halogens is 2. The van der Waals surface area contributed by atoms with Crippen molar-refractivity contribution in [2.45, 2.75) is 44.9 Å². The molecule has 1 nitrogen and oxygen atoms in total. The van der Waals surface area contributed by atoms with Gasteiger partial charge in [0.25, 0.3) is 0 Å². The van der Waals surface area contributed by atoms with Gasteiger partial charge in [0.05, 0.1) is 17.5 Å². The summed E-state index contributed by atoms with van der Waals surface area (Å²) in [4.78, 5) is 0. The summed E-state index contributed by atoms with van der Waals surface area (Å²) in [6.07, 6.45) is 5.05. The second-order valence-corrected chi connectivity index (χ2v) is 7.01. The highest BCUT2D eigenvalue weighted by Crippen LogP contribution is 2.49. The quantitative estimate of drug-likeness (QED) is 0.637. The van der Waals surface area contributed by atoms with Gasteiger partial charge in [-0.2, -0.15) is 0 Å². The van der Waals surface area contributed by atoms with Crippen molar-refractivity contribution >= 4 is 23.2 Å². The molecule has 0 bridgehead atoms. The number of ether oxygens (including phenoxy) is 1. The van der Waals surface area contributed by atoms with Gasteiger partial charge in [-0.25, -0.2) is 0 Å². The SMILES string of the molecule is COc1ccc(C(Cl)C2CCCCC2(C)C)cc1Cl. The summed E-state index contributed by atoms with van der Waals surface area (Å²) < 4.78 is 5.19. The van der Waals surface area contributed by atoms with E-state index in [1.807, 2.05) is 18.2 Å². The lowest BCUT2D eigenvalue weighted by atomic mass is 9.66. The van der Waals surface area contributed by atoms with Crippen molar-refractivity contribution in [1.82, 2.24) is 0 Å². The minimum absolute atomic E-state index is 0.0266. The summed E-state index contributed by atoms with van der Waals surface area (Å²) >= 11 is 12.9. The molecule has 0 heterocycles. The third kappa shape index (κ3) is 3.20. The van der Waals surface area contributed by atoms with Gasteiger partial charge in [0.2, 0.25) is 0 Å². The van der Waals surface area contributed by atoms with Crippen LogP contribution in [-0.2, 0) is 0 Å². The lowest BCUT2D eigenvalue weighted by molar-refractivity contribution is 0.133. The molecule has 3 heteroatoms. The molecule has 19 heavy (non-hydrogen) atoms. The molecular formula is C16H22Cl2O. The predicted octanol–water partition coefficient (Wildman–Crippen LogP) is 5.84. The molecule has 1 aromatic rings. The van der Waals surface area contributed by atoms with Crippen LogP contribution in [0.2, 0.25) is 5.02 Å². The van der Waals surface area contributed by atoms with E-state index in [4.69, 9.17) is 27.9 Å². The average molecular weight is 301 g/mol. The van der Waals surface area contributed by atoms with Gasteiger partial charge in [-0.05, 0) is 41.9 Å². The summed E-state index contributed by atoms with van der Waals surface area (Å²) in [5.41, 5.74) is 1.41. The molecule has 0 radical (unpaired) electrons. The maximum absolute atomic E-state index is 6.74. The van der Waals surface area contributed by atoms with Gasteiger partial charge in [0.15, 0.2) is 0 Å². The van der Waals surface area contributed by atoms with Crippen molar-refractivity contribution in [2.24, 2.45) is 11.3 Å². The Morgan fingerprint density at radius 3 is 2.63 bits per heavy atom. The predicted molar refractivity (Wildman–Crippen MR) is 82.3 cm³/mol. The number of benzene rings is 1. The number of rotatable bonds is 3. The Bertz CT molecular complexity index is 442. The standard InChI is InChI=1S/C16H22Cl2O/c1-16(2)9-5-4-6-12(16)15(18)11-7-8-14(19-3)13(17)10-11/h7-8,10,12,15H,4-6,9H2,1-3H3. The minimum atomic E-state index is 0.0266. The van der Waals surface area contributed by atoms with Crippen LogP contribution in [0.15, 0.2) is 18.2 Å². The Morgan fingerprint density at radius 2 is 2.05 bits per heavy atom. The molecule has 2 unspecified atom stereocenters. The molecule has 0 N–H and O–H groups in total. The van der Waals surface area contributed by atoms with Crippen LogP contribution < -0.4 is 4.74 Å². The largest absolute Gasteiger partial charge is 0.495 e. The molecule has 1 aliphatic carbocycles. The molecule has 1 aromatic carbocycles. The molecule has 0 aromatic heterocycles. The fourth-order valence-electron chi connectivity index (χ4n) is 3.15. The van der Waals surface area contributed by atoms with Gasteiger partial charge in [-0.15, -0.1) is 11.6 Å². The lowest BCUT2D eigenvalue weighted by Gasteiger charge is -2.41. The fourth-order valence-corrected chi connectivity index (χ4v) is 4.02. The highest BCUT2D eigenvalue weighted by molar-refractivity contribution is 6.32. The number of hydrogen-bond acceptors (Lipinski definition) is 1. The third-order valence-electron chi connectivity index (χ3n) is 4.44. The summed E-state index contributed by atoms with van der Waals surface area (Å²) in [6, 6.07) is 5.89. The highest BCUT2D eigenvalue weighted by Gasteiger charge is 2.37. The summed E-state index contributed by atoms with van der Waals surface area (Å²) in [6.45, 7) is 4.66. The average Bonchev–Trinajstić information content (AvgIpc) is 2.37. The van der Waals surface area contributed by atoms with Crippen LogP contribution in [0.1, 0.15) is 50.5 Å². The van der Waals surface area contributed by atoms with Gasteiger partial charge in [-0.3, -0.25) is 0 Å². The Hall–Kier alpha value is -0.400. The van der Waals surface area contributed by atoms with Crippen LogP contribution in [-0.4, -0.2) is 7.11 Å². The fraction of sp³-hybridized carbons (Fsp3) is 0.625. The molecule has 2 atom stereocenters. The maximum Gasteiger partial charge on any atom is 0.137 e. The van der Waals surface area contributed by atoms with Crippen LogP contribution in [0.3, 0.4) is 0 Å². The Kier molecular flexibility index (Phi) is 4.68. The van der Waals surface area contributed by atoms with Gasteiger partial charge in [0.1, 0.15) is 5.75 Å². The monoisotopic (exact) mass is 300 g/mol. The van der Waals surface area contributed by atoms with E-state index in [9.17, 15) is 0 Å². The Labute approximate surface area is 126 Å². The van der Waals surface area contributed by atoms with E-state index in [1.54, 1.807) is 7.11 Å². The van der Waals surface area contributed by atoms with E-state index in [1.165, 1.54) is 25.7 Å². The lowest BCUT2D eigenvalue weighted by Crippen LogP contribution is -2.30. The summed E-state index contributed by atoms with van der Waals surface area (Å²) in [5.74, 6) is 1.21. The molecule has 0 aliphatic heterocycles. The first-order valence-electron chi connectivity index (χ1n) is 6.93. The van der Waals surface area contributed by atoms with Gasteiger partial charge < -0.3 is 4.74 Å². The van der Waals surface area contributed by atoms with Crippen LogP contribution >= 0.6 is 23.2 Å². The zero-order valence-corrected chi connectivity index (χ0v) is 13.4. The van der Waals surface area contributed by atoms with Crippen molar-refractivity contribution in [3.8, 4) is 5.75 Å². The number of alkyl halides is 1. The zero-order chi connectivity index (χ0) is 14.0. The zero-order valence-electron chi connectivity index (χ0n) is 11.9. The third-order valence-corrected chi connectivity index (χ3v) is 5.29. The maximum atomic E-state index is 6.74. The van der Waals surface area contributed by atoms with E-state index in [0.29, 0.717) is 22.1 Å². The van der Waals surface area contributed by atoms with E-state index in [2.05, 4.69) is 13.8 Å². The van der Waals surface area contributed by atoms with Gasteiger partial charge in [0, 0.05) is 0 Å². The van der Waals surface area contributed by atoms with Crippen molar-refractivity contribution in [2.75, 3.05) is 7.11 Å². The highest BCUT2D eigenvalue weighted by atomic mass is 35.5. The second-order valence-electron chi connectivity index (χ2n) is 6.14. The smallest absolute Gasteiger partial charge is 0.137 e. The Balaban J connectivity index is 2.23. The topological polar surface area (TPSA) is 9.23 Å². The minimum Gasteiger partial charge on any atom is -0.495 e.